The predicted octanol–water partition coefficient (Wildman–Crippen LogP) is 0.842. The zero-order chi connectivity index (χ0) is 9.97. The first-order valence-electron chi connectivity index (χ1n) is 3.89. The van der Waals surface area contributed by atoms with Crippen LogP contribution in [0.2, 0.25) is 0 Å². The number of nitrogens with zero attached hydrogens (tertiary/aromatic N) is 1. The van der Waals surface area contributed by atoms with E-state index in [1.54, 1.807) is 6.07 Å². The molecular formula is C9H6N2O3. The van der Waals surface area contributed by atoms with Gasteiger partial charge in [0.25, 0.3) is 0 Å². The zero-order valence-corrected chi connectivity index (χ0v) is 7.06. The molecule has 0 aliphatic rings. The molecule has 2 heterocycles. The first kappa shape index (κ1) is 8.43. The number of carbonyl (C=O) groups is 1. The van der Waals surface area contributed by atoms with E-state index in [0.717, 1.165) is 0 Å². The third kappa shape index (κ3) is 1.47. The van der Waals surface area contributed by atoms with Crippen molar-refractivity contribution in [2.75, 3.05) is 0 Å². The molecule has 0 aliphatic carbocycles. The average Bonchev–Trinajstić information content (AvgIpc) is 2.67. The molecule has 2 rings (SSSR count). The Kier molecular flexibility index (Phi) is 1.98. The topological polar surface area (TPSA) is 76.0 Å². The number of aromatic amines is 1. The summed E-state index contributed by atoms with van der Waals surface area (Å²) in [6.07, 6.45) is 3.33. The highest BCUT2D eigenvalue weighted by Crippen LogP contribution is 2.15. The van der Waals surface area contributed by atoms with Gasteiger partial charge in [-0.1, -0.05) is 0 Å². The minimum absolute atomic E-state index is 0.198. The number of aromatic nitrogens is 2. The van der Waals surface area contributed by atoms with Gasteiger partial charge in [-0.25, -0.2) is 4.98 Å². The van der Waals surface area contributed by atoms with E-state index in [1.807, 2.05) is 0 Å². The Morgan fingerprint density at radius 3 is 2.86 bits per heavy atom. The fourth-order valence-electron chi connectivity index (χ4n) is 1.02. The molecule has 2 aromatic rings. The van der Waals surface area contributed by atoms with Gasteiger partial charge >= 0.3 is 0 Å². The van der Waals surface area contributed by atoms with E-state index in [0.29, 0.717) is 17.7 Å². The van der Waals surface area contributed by atoms with Crippen LogP contribution in [-0.2, 0) is 0 Å². The molecular weight excluding hydrogens is 184 g/mol. The summed E-state index contributed by atoms with van der Waals surface area (Å²) in [4.78, 5) is 27.4. The molecule has 5 nitrogen and oxygen atoms in total. The number of aldehydes is 1. The zero-order valence-electron chi connectivity index (χ0n) is 7.06. The SMILES string of the molecule is O=Cc1coc(-c2ccc(=O)[nH]c2)n1. The van der Waals surface area contributed by atoms with Crippen LogP contribution in [0.15, 0.2) is 33.8 Å². The maximum atomic E-state index is 10.8. The first-order valence-corrected chi connectivity index (χ1v) is 3.89. The summed E-state index contributed by atoms with van der Waals surface area (Å²) in [7, 11) is 0. The second-order valence-electron chi connectivity index (χ2n) is 2.64. The fraction of sp³-hybridized carbons (Fsp3) is 0. The van der Waals surface area contributed by atoms with Crippen LogP contribution in [0.4, 0.5) is 0 Å². The molecule has 0 bridgehead atoms. The number of rotatable bonds is 2. The van der Waals surface area contributed by atoms with Crippen LogP contribution >= 0.6 is 0 Å². The Bertz CT molecular complexity index is 492. The lowest BCUT2D eigenvalue weighted by atomic mass is 10.3. The van der Waals surface area contributed by atoms with Gasteiger partial charge in [-0.3, -0.25) is 9.59 Å². The van der Waals surface area contributed by atoms with Gasteiger partial charge < -0.3 is 9.40 Å². The van der Waals surface area contributed by atoms with E-state index >= 15 is 0 Å². The third-order valence-electron chi connectivity index (χ3n) is 1.67. The Morgan fingerprint density at radius 2 is 2.29 bits per heavy atom. The number of hydrogen-bond donors (Lipinski definition) is 1. The summed E-state index contributed by atoms with van der Waals surface area (Å²) in [5, 5.41) is 0. The number of carbonyl (C=O) groups excluding carboxylic acids is 1. The molecule has 2 aromatic heterocycles. The third-order valence-corrected chi connectivity index (χ3v) is 1.67. The van der Waals surface area contributed by atoms with Crippen LogP contribution in [0.3, 0.4) is 0 Å². The van der Waals surface area contributed by atoms with Crippen molar-refractivity contribution in [2.24, 2.45) is 0 Å². The van der Waals surface area contributed by atoms with Gasteiger partial charge in [-0.05, 0) is 6.07 Å². The highest BCUT2D eigenvalue weighted by Gasteiger charge is 2.05. The Morgan fingerprint density at radius 1 is 1.43 bits per heavy atom. The predicted molar refractivity (Wildman–Crippen MR) is 47.9 cm³/mol. The maximum Gasteiger partial charge on any atom is 0.247 e. The normalized spacial score (nSPS) is 10.0. The molecule has 0 saturated heterocycles. The molecule has 0 atom stereocenters. The summed E-state index contributed by atoms with van der Waals surface area (Å²) >= 11 is 0. The van der Waals surface area contributed by atoms with Crippen molar-refractivity contribution in [1.29, 1.82) is 0 Å². The molecule has 14 heavy (non-hydrogen) atoms. The van der Waals surface area contributed by atoms with Crippen molar-refractivity contribution >= 4 is 6.29 Å². The highest BCUT2D eigenvalue weighted by molar-refractivity contribution is 5.72. The Balaban J connectivity index is 2.44. The fourth-order valence-corrected chi connectivity index (χ4v) is 1.02. The van der Waals surface area contributed by atoms with Gasteiger partial charge in [0.05, 0.1) is 5.56 Å². The minimum Gasteiger partial charge on any atom is -0.444 e. The van der Waals surface area contributed by atoms with Crippen molar-refractivity contribution in [2.45, 2.75) is 0 Å². The van der Waals surface area contributed by atoms with Crippen LogP contribution < -0.4 is 5.56 Å². The van der Waals surface area contributed by atoms with Gasteiger partial charge in [0.2, 0.25) is 11.4 Å². The summed E-state index contributed by atoms with van der Waals surface area (Å²) in [5.41, 5.74) is 0.653. The molecule has 0 fully saturated rings. The average molecular weight is 190 g/mol. The summed E-state index contributed by atoms with van der Waals surface area (Å²) in [5.74, 6) is 0.309. The number of nitrogens with one attached hydrogen (secondary N) is 1. The van der Waals surface area contributed by atoms with Crippen molar-refractivity contribution in [1.82, 2.24) is 9.97 Å². The second kappa shape index (κ2) is 3.29. The molecule has 0 radical (unpaired) electrons. The van der Waals surface area contributed by atoms with E-state index in [2.05, 4.69) is 9.97 Å². The van der Waals surface area contributed by atoms with Crippen molar-refractivity contribution in [3.05, 3.63) is 40.6 Å². The first-order chi connectivity index (χ1) is 6.79. The van der Waals surface area contributed by atoms with Gasteiger partial charge in [-0.2, -0.15) is 0 Å². The lowest BCUT2D eigenvalue weighted by molar-refractivity contribution is 0.111. The highest BCUT2D eigenvalue weighted by atomic mass is 16.3. The maximum absolute atomic E-state index is 10.8. The standard InChI is InChI=1S/C9H6N2O3/c12-4-7-5-14-9(11-7)6-1-2-8(13)10-3-6/h1-5H,(H,10,13). The monoisotopic (exact) mass is 190 g/mol. The van der Waals surface area contributed by atoms with Gasteiger partial charge in [0.15, 0.2) is 6.29 Å². The number of H-pyrrole nitrogens is 1. The lowest BCUT2D eigenvalue weighted by Crippen LogP contribution is -2.01. The Hall–Kier alpha value is -2.17. The molecule has 0 unspecified atom stereocenters. The molecule has 5 heteroatoms. The van der Waals surface area contributed by atoms with Gasteiger partial charge in [-0.15, -0.1) is 0 Å². The molecule has 1 N–H and O–H groups in total. The van der Waals surface area contributed by atoms with Crippen molar-refractivity contribution in [3.63, 3.8) is 0 Å². The quantitative estimate of drug-likeness (QED) is 0.712. The van der Waals surface area contributed by atoms with Crippen LogP contribution in [0.25, 0.3) is 11.5 Å². The van der Waals surface area contributed by atoms with Crippen LogP contribution in [0, 0.1) is 0 Å². The van der Waals surface area contributed by atoms with Crippen LogP contribution in [-0.4, -0.2) is 16.3 Å². The number of oxazole rings is 1. The van der Waals surface area contributed by atoms with E-state index in [9.17, 15) is 9.59 Å². The summed E-state index contributed by atoms with van der Waals surface area (Å²) < 4.78 is 5.02. The number of pyridine rings is 1. The van der Waals surface area contributed by atoms with E-state index < -0.39 is 0 Å². The summed E-state index contributed by atoms with van der Waals surface area (Å²) in [6.45, 7) is 0. The van der Waals surface area contributed by atoms with E-state index in [-0.39, 0.29) is 11.3 Å². The Labute approximate surface area is 78.4 Å². The second-order valence-corrected chi connectivity index (χ2v) is 2.64. The lowest BCUT2D eigenvalue weighted by Gasteiger charge is -1.91. The molecule has 70 valence electrons. The molecule has 0 amide bonds. The molecule has 0 saturated carbocycles. The van der Waals surface area contributed by atoms with Crippen LogP contribution in [0.5, 0.6) is 0 Å². The van der Waals surface area contributed by atoms with Crippen molar-refractivity contribution in [3.8, 4) is 11.5 Å². The largest absolute Gasteiger partial charge is 0.444 e. The smallest absolute Gasteiger partial charge is 0.247 e. The molecule has 0 aromatic carbocycles. The van der Waals surface area contributed by atoms with Crippen molar-refractivity contribution < 1.29 is 9.21 Å². The van der Waals surface area contributed by atoms with Gasteiger partial charge in [0.1, 0.15) is 12.0 Å². The minimum atomic E-state index is -0.198. The molecule has 0 spiro atoms. The van der Waals surface area contributed by atoms with Gasteiger partial charge in [0, 0.05) is 12.3 Å². The number of hydrogen-bond acceptors (Lipinski definition) is 4. The van der Waals surface area contributed by atoms with E-state index in [4.69, 9.17) is 4.42 Å². The van der Waals surface area contributed by atoms with E-state index in [1.165, 1.54) is 18.5 Å². The summed E-state index contributed by atoms with van der Waals surface area (Å²) in [6, 6.07) is 2.93. The molecule has 0 aliphatic heterocycles. The van der Waals surface area contributed by atoms with Crippen LogP contribution in [0.1, 0.15) is 10.5 Å².